The summed E-state index contributed by atoms with van der Waals surface area (Å²) >= 11 is 0. The summed E-state index contributed by atoms with van der Waals surface area (Å²) in [5.41, 5.74) is 0. The summed E-state index contributed by atoms with van der Waals surface area (Å²) in [6.07, 6.45) is 11.8. The van der Waals surface area contributed by atoms with Crippen molar-refractivity contribution in [2.75, 3.05) is 0 Å². The highest BCUT2D eigenvalue weighted by Crippen LogP contribution is 2.36. The smallest absolute Gasteiger partial charge is 0.0363 e. The first-order valence-electron chi connectivity index (χ1n) is 6.75. The van der Waals surface area contributed by atoms with Gasteiger partial charge in [-0.05, 0) is 24.2 Å². The fourth-order valence-electron chi connectivity index (χ4n) is 3.12. The van der Waals surface area contributed by atoms with Crippen LogP contribution in [0.4, 0.5) is 0 Å². The third-order valence-electron chi connectivity index (χ3n) is 4.00. The van der Waals surface area contributed by atoms with Crippen molar-refractivity contribution in [1.82, 2.24) is 0 Å². The quantitative estimate of drug-likeness (QED) is 0.578. The first-order chi connectivity index (χ1) is 6.75. The maximum atomic E-state index is 2.43. The molecule has 0 N–H and O–H groups in total. The molecule has 0 spiro atoms. The molecule has 14 heavy (non-hydrogen) atoms. The zero-order chi connectivity index (χ0) is 10.4. The van der Waals surface area contributed by atoms with Gasteiger partial charge >= 0.3 is 0 Å². The Bertz CT molecular complexity index is 131. The molecule has 0 aromatic rings. The molecule has 1 atom stereocenters. The molecule has 0 heteroatoms. The van der Waals surface area contributed by atoms with E-state index >= 15 is 0 Å². The minimum atomic E-state index is 0.907. The van der Waals surface area contributed by atoms with Crippen LogP contribution in [-0.2, 0) is 0 Å². The van der Waals surface area contributed by atoms with Gasteiger partial charge in [-0.25, -0.2) is 0 Å². The normalized spacial score (nSPS) is 21.4. The Kier molecular flexibility index (Phi) is 5.59. The lowest BCUT2D eigenvalue weighted by atomic mass is 9.73. The molecular formula is C14H28. The van der Waals surface area contributed by atoms with Crippen LogP contribution in [0.5, 0.6) is 0 Å². The fraction of sp³-hybridized carbons (Fsp3) is 1.00. The Morgan fingerprint density at radius 2 is 1.71 bits per heavy atom. The van der Waals surface area contributed by atoms with Gasteiger partial charge < -0.3 is 0 Å². The molecule has 1 aliphatic rings. The molecule has 1 rings (SSSR count). The zero-order valence-corrected chi connectivity index (χ0v) is 10.4. The molecule has 0 heterocycles. The summed E-state index contributed by atoms with van der Waals surface area (Å²) in [6.45, 7) is 7.17. The van der Waals surface area contributed by atoms with Crippen molar-refractivity contribution in [3.05, 3.63) is 0 Å². The summed E-state index contributed by atoms with van der Waals surface area (Å²) in [5, 5.41) is 0. The van der Waals surface area contributed by atoms with Gasteiger partial charge in [0.25, 0.3) is 0 Å². The zero-order valence-electron chi connectivity index (χ0n) is 10.4. The molecule has 0 aromatic carbocycles. The van der Waals surface area contributed by atoms with Crippen LogP contribution in [0, 0.1) is 17.8 Å². The van der Waals surface area contributed by atoms with E-state index in [0.29, 0.717) is 0 Å². The molecule has 0 bridgehead atoms. The van der Waals surface area contributed by atoms with E-state index < -0.39 is 0 Å². The van der Waals surface area contributed by atoms with Gasteiger partial charge in [0.05, 0.1) is 0 Å². The fourth-order valence-corrected chi connectivity index (χ4v) is 3.12. The molecule has 1 unspecified atom stereocenters. The van der Waals surface area contributed by atoms with Gasteiger partial charge in [-0.1, -0.05) is 65.7 Å². The van der Waals surface area contributed by atoms with E-state index in [1.807, 2.05) is 0 Å². The van der Waals surface area contributed by atoms with Crippen molar-refractivity contribution in [3.8, 4) is 0 Å². The lowest BCUT2D eigenvalue weighted by Crippen LogP contribution is -2.22. The molecule has 0 radical (unpaired) electrons. The highest BCUT2D eigenvalue weighted by Gasteiger charge is 2.25. The molecule has 84 valence electrons. The van der Waals surface area contributed by atoms with Gasteiger partial charge in [0.15, 0.2) is 0 Å². The van der Waals surface area contributed by atoms with Crippen molar-refractivity contribution in [2.45, 2.75) is 72.1 Å². The summed E-state index contributed by atoms with van der Waals surface area (Å²) in [7, 11) is 0. The Balaban J connectivity index is 2.39. The van der Waals surface area contributed by atoms with Gasteiger partial charge in [-0.3, -0.25) is 0 Å². The second-order valence-corrected chi connectivity index (χ2v) is 5.45. The standard InChI is InChI=1S/C14H28/c1-4-5-11-14(12(2)3)13-9-7-6-8-10-13/h12-14H,4-11H2,1-3H3. The molecule has 0 aliphatic heterocycles. The monoisotopic (exact) mass is 196 g/mol. The predicted molar refractivity (Wildman–Crippen MR) is 64.4 cm³/mol. The lowest BCUT2D eigenvalue weighted by Gasteiger charge is -2.33. The minimum absolute atomic E-state index is 0.907. The Morgan fingerprint density at radius 3 is 2.21 bits per heavy atom. The topological polar surface area (TPSA) is 0 Å². The van der Waals surface area contributed by atoms with Gasteiger partial charge in [0, 0.05) is 0 Å². The summed E-state index contributed by atoms with van der Waals surface area (Å²) in [5.74, 6) is 3.00. The van der Waals surface area contributed by atoms with Crippen molar-refractivity contribution >= 4 is 0 Å². The highest BCUT2D eigenvalue weighted by atomic mass is 14.3. The van der Waals surface area contributed by atoms with Crippen LogP contribution in [0.3, 0.4) is 0 Å². The number of rotatable bonds is 5. The van der Waals surface area contributed by atoms with E-state index in [-0.39, 0.29) is 0 Å². The first-order valence-corrected chi connectivity index (χ1v) is 6.75. The van der Waals surface area contributed by atoms with Crippen molar-refractivity contribution in [1.29, 1.82) is 0 Å². The van der Waals surface area contributed by atoms with Crippen LogP contribution in [0.1, 0.15) is 72.1 Å². The van der Waals surface area contributed by atoms with Crippen LogP contribution < -0.4 is 0 Å². The predicted octanol–water partition coefficient (Wildman–Crippen LogP) is 5.03. The number of unbranched alkanes of at least 4 members (excludes halogenated alkanes) is 1. The van der Waals surface area contributed by atoms with Crippen LogP contribution >= 0.6 is 0 Å². The molecule has 0 saturated heterocycles. The maximum absolute atomic E-state index is 2.43. The van der Waals surface area contributed by atoms with Crippen LogP contribution in [0.25, 0.3) is 0 Å². The molecule has 1 saturated carbocycles. The summed E-state index contributed by atoms with van der Waals surface area (Å²) < 4.78 is 0. The summed E-state index contributed by atoms with van der Waals surface area (Å²) in [4.78, 5) is 0. The Morgan fingerprint density at radius 1 is 1.07 bits per heavy atom. The van der Waals surface area contributed by atoms with Crippen LogP contribution in [0.2, 0.25) is 0 Å². The number of hydrogen-bond donors (Lipinski definition) is 0. The molecule has 1 aliphatic carbocycles. The highest BCUT2D eigenvalue weighted by molar-refractivity contribution is 4.76. The molecule has 0 amide bonds. The Hall–Kier alpha value is 0. The van der Waals surface area contributed by atoms with E-state index in [0.717, 1.165) is 17.8 Å². The summed E-state index contributed by atoms with van der Waals surface area (Å²) in [6, 6.07) is 0. The SMILES string of the molecule is CCCCC(C(C)C)C1CCCCC1. The van der Waals surface area contributed by atoms with Crippen molar-refractivity contribution in [2.24, 2.45) is 17.8 Å². The van der Waals surface area contributed by atoms with Gasteiger partial charge in [0.2, 0.25) is 0 Å². The van der Waals surface area contributed by atoms with Gasteiger partial charge in [0.1, 0.15) is 0 Å². The third kappa shape index (κ3) is 3.63. The van der Waals surface area contributed by atoms with E-state index in [2.05, 4.69) is 20.8 Å². The molecular weight excluding hydrogens is 168 g/mol. The lowest BCUT2D eigenvalue weighted by molar-refractivity contribution is 0.181. The number of hydrogen-bond acceptors (Lipinski definition) is 0. The molecule has 1 fully saturated rings. The van der Waals surface area contributed by atoms with Crippen LogP contribution in [-0.4, -0.2) is 0 Å². The van der Waals surface area contributed by atoms with Crippen molar-refractivity contribution < 1.29 is 0 Å². The third-order valence-corrected chi connectivity index (χ3v) is 4.00. The largest absolute Gasteiger partial charge is 0.0654 e. The van der Waals surface area contributed by atoms with Gasteiger partial charge in [-0.2, -0.15) is 0 Å². The van der Waals surface area contributed by atoms with E-state index in [9.17, 15) is 0 Å². The average molecular weight is 196 g/mol. The minimum Gasteiger partial charge on any atom is -0.0654 e. The molecule has 0 aromatic heterocycles. The van der Waals surface area contributed by atoms with E-state index in [1.165, 1.54) is 51.4 Å². The second-order valence-electron chi connectivity index (χ2n) is 5.45. The van der Waals surface area contributed by atoms with Gasteiger partial charge in [-0.15, -0.1) is 0 Å². The van der Waals surface area contributed by atoms with E-state index in [4.69, 9.17) is 0 Å². The Labute approximate surface area is 90.5 Å². The first kappa shape index (κ1) is 12.1. The average Bonchev–Trinajstić information content (AvgIpc) is 2.19. The molecule has 0 nitrogen and oxygen atoms in total. The second kappa shape index (κ2) is 6.48. The van der Waals surface area contributed by atoms with Crippen molar-refractivity contribution in [3.63, 3.8) is 0 Å². The van der Waals surface area contributed by atoms with Crippen LogP contribution in [0.15, 0.2) is 0 Å². The maximum Gasteiger partial charge on any atom is -0.0363 e. The van der Waals surface area contributed by atoms with E-state index in [1.54, 1.807) is 0 Å².